The van der Waals surface area contributed by atoms with E-state index >= 15 is 0 Å². The Morgan fingerprint density at radius 1 is 0.875 bits per heavy atom. The molecule has 0 bridgehead atoms. The van der Waals surface area contributed by atoms with E-state index in [1.54, 1.807) is 0 Å². The Balaban J connectivity index is 1.39. The van der Waals surface area contributed by atoms with E-state index in [-0.39, 0.29) is 12.1 Å². The molecule has 1 saturated heterocycles. The van der Waals surface area contributed by atoms with E-state index in [0.717, 1.165) is 21.9 Å². The predicted molar refractivity (Wildman–Crippen MR) is 129 cm³/mol. The lowest BCUT2D eigenvalue weighted by atomic mass is 9.95. The first-order valence-corrected chi connectivity index (χ1v) is 12.1. The fourth-order valence-electron chi connectivity index (χ4n) is 5.26. The lowest BCUT2D eigenvalue weighted by Crippen LogP contribution is -2.25. The number of ether oxygens (including phenoxy) is 1. The first-order valence-electron chi connectivity index (χ1n) is 11.7. The van der Waals surface area contributed by atoms with Gasteiger partial charge in [0.2, 0.25) is 0 Å². The summed E-state index contributed by atoms with van der Waals surface area (Å²) in [5.74, 6) is 0.759. The normalized spacial score (nSPS) is 24.1. The lowest BCUT2D eigenvalue weighted by molar-refractivity contribution is 0.137. The van der Waals surface area contributed by atoms with E-state index in [1.165, 1.54) is 37.7 Å². The summed E-state index contributed by atoms with van der Waals surface area (Å²) in [6.45, 7) is 0.488. The smallest absolute Gasteiger partial charge is 0.125 e. The first-order chi connectivity index (χ1) is 15.7. The number of aliphatic hydroxyl groups is 1. The molecule has 3 nitrogen and oxygen atoms in total. The Morgan fingerprint density at radius 3 is 2.31 bits per heavy atom. The molecule has 2 aliphatic rings. The fraction of sp³-hybridized carbons (Fsp3) is 0.357. The Bertz CT molecular complexity index is 1020. The highest BCUT2D eigenvalue weighted by atomic mass is 35.5. The van der Waals surface area contributed by atoms with Crippen molar-refractivity contribution in [2.75, 3.05) is 0 Å². The number of aliphatic hydroxyl groups excluding tert-OH is 1. The molecule has 1 aliphatic heterocycles. The molecule has 166 valence electrons. The van der Waals surface area contributed by atoms with Gasteiger partial charge in [-0.05, 0) is 42.2 Å². The van der Waals surface area contributed by atoms with Crippen LogP contribution in [0.1, 0.15) is 60.9 Å². The Hall–Kier alpha value is -2.33. The summed E-state index contributed by atoms with van der Waals surface area (Å²) in [5.41, 5.74) is 3.21. The molecule has 1 saturated carbocycles. The van der Waals surface area contributed by atoms with Gasteiger partial charge in [-0.25, -0.2) is 0 Å². The molecule has 1 N–H and O–H groups in total. The lowest BCUT2D eigenvalue weighted by Gasteiger charge is -2.25. The molecule has 4 heteroatoms. The maximum absolute atomic E-state index is 11.6. The number of rotatable bonds is 7. The van der Waals surface area contributed by atoms with Crippen LogP contribution in [0.2, 0.25) is 5.02 Å². The Kier molecular flexibility index (Phi) is 6.49. The van der Waals surface area contributed by atoms with Crippen LogP contribution in [0.15, 0.2) is 78.9 Å². The van der Waals surface area contributed by atoms with Crippen LogP contribution in [0.3, 0.4) is 0 Å². The SMILES string of the molecule is OC(c1ccccc1OCc1ccccc1)[C@H]1[C@H](c2ccc(Cl)cc2)N1C1CCCCC1. The van der Waals surface area contributed by atoms with Crippen LogP contribution in [0.25, 0.3) is 0 Å². The number of hydrogen-bond donors (Lipinski definition) is 1. The largest absolute Gasteiger partial charge is 0.489 e. The van der Waals surface area contributed by atoms with Crippen LogP contribution in [0.5, 0.6) is 5.75 Å². The summed E-state index contributed by atoms with van der Waals surface area (Å²) in [6.07, 6.45) is 5.67. The second kappa shape index (κ2) is 9.66. The molecule has 0 spiro atoms. The van der Waals surface area contributed by atoms with E-state index in [0.29, 0.717) is 12.6 Å². The monoisotopic (exact) mass is 447 g/mol. The molecule has 2 fully saturated rings. The number of hydrogen-bond acceptors (Lipinski definition) is 3. The highest BCUT2D eigenvalue weighted by molar-refractivity contribution is 6.30. The molecule has 1 heterocycles. The maximum atomic E-state index is 11.6. The average Bonchev–Trinajstić information content (AvgIpc) is 3.60. The standard InChI is InChI=1S/C28H30ClNO2/c29-22-17-15-21(16-18-22)26-27(30(26)23-11-5-2-6-12-23)28(31)24-13-7-8-14-25(24)32-19-20-9-3-1-4-10-20/h1,3-4,7-10,13-18,23,26-28,31H,2,5-6,11-12,19H2/t26-,27+,28?,30?/m0/s1. The van der Waals surface area contributed by atoms with Crippen molar-refractivity contribution >= 4 is 11.6 Å². The summed E-state index contributed by atoms with van der Waals surface area (Å²) in [6, 6.07) is 27.0. The van der Waals surface area contributed by atoms with Crippen molar-refractivity contribution in [1.82, 2.24) is 4.90 Å². The van der Waals surface area contributed by atoms with Crippen LogP contribution in [0.4, 0.5) is 0 Å². The molecule has 1 aliphatic carbocycles. The van der Waals surface area contributed by atoms with Gasteiger partial charge in [0.1, 0.15) is 12.4 Å². The molecular formula is C28H30ClNO2. The number of halogens is 1. The van der Waals surface area contributed by atoms with Gasteiger partial charge < -0.3 is 9.84 Å². The summed E-state index contributed by atoms with van der Waals surface area (Å²) in [7, 11) is 0. The summed E-state index contributed by atoms with van der Waals surface area (Å²) in [5, 5.41) is 12.3. The molecule has 0 aromatic heterocycles. The topological polar surface area (TPSA) is 32.5 Å². The van der Waals surface area contributed by atoms with Crippen LogP contribution in [0, 0.1) is 0 Å². The molecule has 3 aromatic carbocycles. The van der Waals surface area contributed by atoms with Crippen LogP contribution in [-0.2, 0) is 6.61 Å². The van der Waals surface area contributed by atoms with Crippen LogP contribution >= 0.6 is 11.6 Å². The molecule has 3 aromatic rings. The Labute approximate surface area is 195 Å². The van der Waals surface area contributed by atoms with Gasteiger partial charge in [-0.3, -0.25) is 4.90 Å². The van der Waals surface area contributed by atoms with E-state index in [1.807, 2.05) is 54.6 Å². The van der Waals surface area contributed by atoms with E-state index in [9.17, 15) is 5.11 Å². The Morgan fingerprint density at radius 2 is 1.56 bits per heavy atom. The molecule has 5 rings (SSSR count). The molecule has 2 unspecified atom stereocenters. The first kappa shape index (κ1) is 21.5. The van der Waals surface area contributed by atoms with E-state index in [4.69, 9.17) is 16.3 Å². The van der Waals surface area contributed by atoms with Gasteiger partial charge in [-0.2, -0.15) is 0 Å². The van der Waals surface area contributed by atoms with Gasteiger partial charge in [0.15, 0.2) is 0 Å². The third-order valence-electron chi connectivity index (χ3n) is 6.91. The zero-order valence-corrected chi connectivity index (χ0v) is 19.0. The quantitative estimate of drug-likeness (QED) is 0.408. The van der Waals surface area contributed by atoms with Gasteiger partial charge in [-0.15, -0.1) is 0 Å². The minimum absolute atomic E-state index is 0.0563. The van der Waals surface area contributed by atoms with Crippen molar-refractivity contribution in [2.24, 2.45) is 0 Å². The summed E-state index contributed by atoms with van der Waals surface area (Å²) in [4.78, 5) is 2.53. The molecule has 32 heavy (non-hydrogen) atoms. The van der Waals surface area contributed by atoms with Crippen molar-refractivity contribution in [1.29, 1.82) is 0 Å². The summed E-state index contributed by atoms with van der Waals surface area (Å²) >= 11 is 6.14. The van der Waals surface area contributed by atoms with Crippen molar-refractivity contribution < 1.29 is 9.84 Å². The predicted octanol–water partition coefficient (Wildman–Crippen LogP) is 6.71. The second-order valence-electron chi connectivity index (χ2n) is 8.98. The molecular weight excluding hydrogens is 418 g/mol. The minimum Gasteiger partial charge on any atom is -0.489 e. The average molecular weight is 448 g/mol. The summed E-state index contributed by atoms with van der Waals surface area (Å²) < 4.78 is 6.16. The van der Waals surface area contributed by atoms with Gasteiger partial charge in [0.05, 0.1) is 18.2 Å². The highest BCUT2D eigenvalue weighted by Crippen LogP contribution is 2.54. The van der Waals surface area contributed by atoms with Crippen molar-refractivity contribution in [3.63, 3.8) is 0 Å². The van der Waals surface area contributed by atoms with Crippen molar-refractivity contribution in [3.8, 4) is 5.75 Å². The fourth-order valence-corrected chi connectivity index (χ4v) is 5.38. The van der Waals surface area contributed by atoms with E-state index in [2.05, 4.69) is 29.2 Å². The number of nitrogens with zero attached hydrogens (tertiary/aromatic N) is 1. The van der Waals surface area contributed by atoms with Gasteiger partial charge in [0.25, 0.3) is 0 Å². The minimum atomic E-state index is -0.607. The maximum Gasteiger partial charge on any atom is 0.125 e. The third kappa shape index (κ3) is 4.56. The zero-order valence-electron chi connectivity index (χ0n) is 18.2. The van der Waals surface area contributed by atoms with Crippen LogP contribution < -0.4 is 4.74 Å². The number of para-hydroxylation sites is 1. The second-order valence-corrected chi connectivity index (χ2v) is 9.42. The van der Waals surface area contributed by atoms with Crippen molar-refractivity contribution in [2.45, 2.75) is 62.9 Å². The molecule has 4 atom stereocenters. The zero-order chi connectivity index (χ0) is 21.9. The van der Waals surface area contributed by atoms with Crippen LogP contribution in [-0.4, -0.2) is 22.1 Å². The third-order valence-corrected chi connectivity index (χ3v) is 7.16. The molecule has 0 radical (unpaired) electrons. The van der Waals surface area contributed by atoms with E-state index < -0.39 is 6.10 Å². The number of benzene rings is 3. The van der Waals surface area contributed by atoms with Gasteiger partial charge >= 0.3 is 0 Å². The molecule has 0 amide bonds. The van der Waals surface area contributed by atoms with Gasteiger partial charge in [0, 0.05) is 16.6 Å². The van der Waals surface area contributed by atoms with Crippen molar-refractivity contribution in [3.05, 3.63) is 101 Å². The highest BCUT2D eigenvalue weighted by Gasteiger charge is 2.56. The van der Waals surface area contributed by atoms with Gasteiger partial charge in [-0.1, -0.05) is 91.5 Å².